The number of sulfone groups is 1. The van der Waals surface area contributed by atoms with E-state index in [0.717, 1.165) is 19.3 Å². The molecule has 0 aromatic carbocycles. The van der Waals surface area contributed by atoms with Crippen LogP contribution >= 0.6 is 0 Å². The van der Waals surface area contributed by atoms with E-state index in [1.807, 2.05) is 0 Å². The molecule has 0 atom stereocenters. The van der Waals surface area contributed by atoms with Gasteiger partial charge < -0.3 is 0 Å². The van der Waals surface area contributed by atoms with Crippen LogP contribution < -0.4 is 0 Å². The lowest BCUT2D eigenvalue weighted by molar-refractivity contribution is -0.143. The Bertz CT molecular complexity index is 767. The third-order valence-corrected chi connectivity index (χ3v) is 4.27. The van der Waals surface area contributed by atoms with Crippen LogP contribution in [-0.2, 0) is 34.6 Å². The van der Waals surface area contributed by atoms with Gasteiger partial charge in [-0.15, -0.1) is 0 Å². The summed E-state index contributed by atoms with van der Waals surface area (Å²) in [5.74, 6) is -1.85. The molecular formula is C12H11F4N3O2S. The quantitative estimate of drug-likeness (QED) is 0.633. The molecule has 2 rings (SSSR count). The van der Waals surface area contributed by atoms with Gasteiger partial charge in [-0.1, -0.05) is 6.07 Å². The number of alkyl halides is 3. The average Bonchev–Trinajstić information content (AvgIpc) is 2.72. The molecule has 0 spiro atoms. The molecule has 0 unspecified atom stereocenters. The molecule has 0 N–H and O–H groups in total. The molecule has 2 heterocycles. The van der Waals surface area contributed by atoms with Crippen LogP contribution in [0, 0.1) is 5.95 Å². The Morgan fingerprint density at radius 2 is 1.91 bits per heavy atom. The summed E-state index contributed by atoms with van der Waals surface area (Å²) in [6.07, 6.45) is -3.54. The molecule has 0 aliphatic carbocycles. The topological polar surface area (TPSA) is 64.8 Å². The van der Waals surface area contributed by atoms with E-state index in [0.29, 0.717) is 10.7 Å². The van der Waals surface area contributed by atoms with E-state index in [1.54, 1.807) is 0 Å². The van der Waals surface area contributed by atoms with Gasteiger partial charge in [0.2, 0.25) is 5.95 Å². The third kappa shape index (κ3) is 4.03. The second kappa shape index (κ2) is 5.67. The van der Waals surface area contributed by atoms with Gasteiger partial charge in [0, 0.05) is 13.2 Å². The van der Waals surface area contributed by atoms with Crippen LogP contribution in [0.3, 0.4) is 0 Å². The Kier molecular flexibility index (Phi) is 4.23. The average molecular weight is 337 g/mol. The van der Waals surface area contributed by atoms with Crippen molar-refractivity contribution in [1.82, 2.24) is 14.8 Å². The number of hydrogen-bond acceptors (Lipinski definition) is 4. The maximum Gasteiger partial charge on any atom is 0.433 e. The van der Waals surface area contributed by atoms with Gasteiger partial charge in [-0.05, 0) is 17.7 Å². The largest absolute Gasteiger partial charge is 0.433 e. The number of hydrogen-bond donors (Lipinski definition) is 0. The number of aryl methyl sites for hydroxylation is 1. The number of halogens is 4. The minimum absolute atomic E-state index is 0.204. The summed E-state index contributed by atoms with van der Waals surface area (Å²) in [6, 6.07) is 2.95. The fourth-order valence-electron chi connectivity index (χ4n) is 1.88. The van der Waals surface area contributed by atoms with Gasteiger partial charge in [-0.3, -0.25) is 4.68 Å². The van der Waals surface area contributed by atoms with Crippen LogP contribution in [-0.4, -0.2) is 23.2 Å². The predicted octanol–water partition coefficient (Wildman–Crippen LogP) is 2.09. The van der Waals surface area contributed by atoms with Crippen LogP contribution in [0.1, 0.15) is 17.0 Å². The first kappa shape index (κ1) is 16.4. The summed E-state index contributed by atoms with van der Waals surface area (Å²) in [7, 11) is -2.67. The van der Waals surface area contributed by atoms with Crippen molar-refractivity contribution >= 4 is 9.84 Å². The zero-order chi connectivity index (χ0) is 16.5. The van der Waals surface area contributed by atoms with Crippen LogP contribution in [0.5, 0.6) is 0 Å². The Morgan fingerprint density at radius 1 is 1.23 bits per heavy atom. The third-order valence-electron chi connectivity index (χ3n) is 2.76. The first-order chi connectivity index (χ1) is 10.1. The Hall–Kier alpha value is -1.97. The van der Waals surface area contributed by atoms with E-state index in [-0.39, 0.29) is 11.3 Å². The van der Waals surface area contributed by atoms with Crippen molar-refractivity contribution in [3.63, 3.8) is 0 Å². The van der Waals surface area contributed by atoms with Crippen LogP contribution in [0.4, 0.5) is 17.6 Å². The van der Waals surface area contributed by atoms with Crippen molar-refractivity contribution in [3.8, 4) is 0 Å². The highest BCUT2D eigenvalue weighted by molar-refractivity contribution is 7.89. The molecule has 10 heteroatoms. The summed E-state index contributed by atoms with van der Waals surface area (Å²) >= 11 is 0. The standard InChI is InChI=1S/C12H11F4N3O2S/c1-19-10(12(14,15)16)4-9(18-19)7-22(20,21)6-8-2-3-11(13)17-5-8/h2-5H,6-7H2,1H3. The molecule has 0 aliphatic heterocycles. The van der Waals surface area contributed by atoms with Gasteiger partial charge in [-0.25, -0.2) is 13.4 Å². The Morgan fingerprint density at radius 3 is 2.41 bits per heavy atom. The summed E-state index contributed by atoms with van der Waals surface area (Å²) in [5, 5.41) is 3.56. The molecule has 2 aromatic rings. The van der Waals surface area contributed by atoms with Gasteiger partial charge in [0.15, 0.2) is 9.84 Å². The first-order valence-electron chi connectivity index (χ1n) is 5.98. The van der Waals surface area contributed by atoms with Crippen molar-refractivity contribution in [2.75, 3.05) is 0 Å². The smallest absolute Gasteiger partial charge is 0.263 e. The molecule has 0 bridgehead atoms. The number of aromatic nitrogens is 3. The molecule has 0 saturated carbocycles. The molecule has 0 fully saturated rings. The molecule has 0 radical (unpaired) electrons. The van der Waals surface area contributed by atoms with Gasteiger partial charge in [0.25, 0.3) is 0 Å². The summed E-state index contributed by atoms with van der Waals surface area (Å²) in [6.45, 7) is 0. The van der Waals surface area contributed by atoms with E-state index in [4.69, 9.17) is 0 Å². The summed E-state index contributed by atoms with van der Waals surface area (Å²) in [4.78, 5) is 3.32. The van der Waals surface area contributed by atoms with Crippen molar-refractivity contribution in [1.29, 1.82) is 0 Å². The zero-order valence-electron chi connectivity index (χ0n) is 11.3. The van der Waals surface area contributed by atoms with E-state index >= 15 is 0 Å². The molecule has 0 aliphatic rings. The number of pyridine rings is 1. The van der Waals surface area contributed by atoms with Crippen LogP contribution in [0.25, 0.3) is 0 Å². The van der Waals surface area contributed by atoms with E-state index in [1.165, 1.54) is 6.07 Å². The molecule has 2 aromatic heterocycles. The first-order valence-corrected chi connectivity index (χ1v) is 7.80. The molecule has 0 saturated heterocycles. The lowest BCUT2D eigenvalue weighted by atomic mass is 10.3. The van der Waals surface area contributed by atoms with E-state index < -0.39 is 39.2 Å². The normalized spacial score (nSPS) is 12.6. The van der Waals surface area contributed by atoms with Crippen LogP contribution in [0.2, 0.25) is 0 Å². The zero-order valence-corrected chi connectivity index (χ0v) is 12.1. The van der Waals surface area contributed by atoms with Crippen molar-refractivity contribution in [2.45, 2.75) is 17.7 Å². The van der Waals surface area contributed by atoms with Gasteiger partial charge in [-0.2, -0.15) is 22.7 Å². The van der Waals surface area contributed by atoms with E-state index in [9.17, 15) is 26.0 Å². The van der Waals surface area contributed by atoms with Crippen molar-refractivity contribution < 1.29 is 26.0 Å². The fraction of sp³-hybridized carbons (Fsp3) is 0.333. The Balaban J connectivity index is 2.17. The van der Waals surface area contributed by atoms with Gasteiger partial charge in [0.1, 0.15) is 5.69 Å². The maximum absolute atomic E-state index is 12.6. The minimum atomic E-state index is -4.61. The highest BCUT2D eigenvalue weighted by Crippen LogP contribution is 2.29. The molecule has 22 heavy (non-hydrogen) atoms. The second-order valence-corrected chi connectivity index (χ2v) is 6.73. The summed E-state index contributed by atoms with van der Waals surface area (Å²) in [5.41, 5.74) is -0.987. The molecule has 5 nitrogen and oxygen atoms in total. The molecule has 0 amide bonds. The highest BCUT2D eigenvalue weighted by Gasteiger charge is 2.35. The number of nitrogens with zero attached hydrogens (tertiary/aromatic N) is 3. The highest BCUT2D eigenvalue weighted by atomic mass is 32.2. The van der Waals surface area contributed by atoms with Crippen molar-refractivity contribution in [2.24, 2.45) is 7.05 Å². The lowest BCUT2D eigenvalue weighted by Gasteiger charge is -2.04. The van der Waals surface area contributed by atoms with Crippen molar-refractivity contribution in [3.05, 3.63) is 47.3 Å². The Labute approximate surface area is 123 Å². The van der Waals surface area contributed by atoms with Crippen LogP contribution in [0.15, 0.2) is 24.4 Å². The monoisotopic (exact) mass is 337 g/mol. The fourth-order valence-corrected chi connectivity index (χ4v) is 3.26. The SMILES string of the molecule is Cn1nc(CS(=O)(=O)Cc2ccc(F)nc2)cc1C(F)(F)F. The van der Waals surface area contributed by atoms with Gasteiger partial charge >= 0.3 is 6.18 Å². The predicted molar refractivity (Wildman–Crippen MR) is 68.7 cm³/mol. The van der Waals surface area contributed by atoms with E-state index in [2.05, 4.69) is 10.1 Å². The molecule has 120 valence electrons. The minimum Gasteiger partial charge on any atom is -0.263 e. The molecular weight excluding hydrogens is 326 g/mol. The summed E-state index contributed by atoms with van der Waals surface area (Å²) < 4.78 is 75.1. The second-order valence-electron chi connectivity index (χ2n) is 4.66. The number of rotatable bonds is 4. The van der Waals surface area contributed by atoms with Gasteiger partial charge in [0.05, 0.1) is 17.2 Å². The lowest BCUT2D eigenvalue weighted by Crippen LogP contribution is -2.11. The maximum atomic E-state index is 12.6.